The molecule has 1 aromatic heterocycles. The van der Waals surface area contributed by atoms with E-state index in [9.17, 15) is 14.9 Å². The van der Waals surface area contributed by atoms with E-state index < -0.39 is 5.91 Å². The molecule has 28 heavy (non-hydrogen) atoms. The van der Waals surface area contributed by atoms with Crippen LogP contribution in [0.15, 0.2) is 29.8 Å². The smallest absolute Gasteiger partial charge is 0.266 e. The van der Waals surface area contributed by atoms with Crippen LogP contribution in [-0.4, -0.2) is 16.4 Å². The molecule has 0 aliphatic carbocycles. The maximum Gasteiger partial charge on any atom is 0.266 e. The number of amides is 2. The molecule has 2 N–H and O–H groups in total. The van der Waals surface area contributed by atoms with Gasteiger partial charge in [-0.15, -0.1) is 0 Å². The molecule has 2 aromatic rings. The molecule has 0 unspecified atom stereocenters. The van der Waals surface area contributed by atoms with Crippen LogP contribution >= 0.6 is 0 Å². The summed E-state index contributed by atoms with van der Waals surface area (Å²) >= 11 is 0. The van der Waals surface area contributed by atoms with Gasteiger partial charge in [0.05, 0.1) is 0 Å². The van der Waals surface area contributed by atoms with Crippen LogP contribution in [-0.2, 0) is 16.1 Å². The summed E-state index contributed by atoms with van der Waals surface area (Å²) in [6.45, 7) is 10.2. The lowest BCUT2D eigenvalue weighted by molar-refractivity contribution is -0.114. The lowest BCUT2D eigenvalue weighted by Gasteiger charge is -2.12. The fourth-order valence-corrected chi connectivity index (χ4v) is 3.13. The van der Waals surface area contributed by atoms with E-state index in [1.165, 1.54) is 6.92 Å². The van der Waals surface area contributed by atoms with Gasteiger partial charge in [0.15, 0.2) is 0 Å². The fraction of sp³-hybridized carbons (Fsp3) is 0.318. The van der Waals surface area contributed by atoms with E-state index in [0.29, 0.717) is 11.4 Å². The summed E-state index contributed by atoms with van der Waals surface area (Å²) in [6, 6.07) is 9.21. The van der Waals surface area contributed by atoms with Crippen molar-refractivity contribution in [2.75, 3.05) is 10.6 Å². The first-order chi connectivity index (χ1) is 13.3. The minimum atomic E-state index is -0.481. The summed E-state index contributed by atoms with van der Waals surface area (Å²) in [4.78, 5) is 24.0. The van der Waals surface area contributed by atoms with Crippen molar-refractivity contribution in [3.05, 3.63) is 52.4 Å². The van der Waals surface area contributed by atoms with Gasteiger partial charge in [0, 0.05) is 36.2 Å². The standard InChI is InChI=1S/C22H26N4O2/c1-6-10-26-14(2)11-18(16(26)4)12-19(13-23)22(28)25-21-9-7-8-20(15(21)3)24-17(5)27/h7-9,11-12H,6,10H2,1-5H3,(H,24,27)(H,25,28)/b19-12+. The van der Waals surface area contributed by atoms with E-state index in [-0.39, 0.29) is 11.5 Å². The van der Waals surface area contributed by atoms with E-state index in [2.05, 4.69) is 22.1 Å². The molecule has 146 valence electrons. The molecule has 1 aromatic carbocycles. The number of rotatable bonds is 6. The predicted octanol–water partition coefficient (Wildman–Crippen LogP) is 4.33. The van der Waals surface area contributed by atoms with Gasteiger partial charge < -0.3 is 15.2 Å². The summed E-state index contributed by atoms with van der Waals surface area (Å²) < 4.78 is 2.18. The van der Waals surface area contributed by atoms with Crippen LogP contribution in [0.5, 0.6) is 0 Å². The molecule has 0 saturated heterocycles. The third-order valence-corrected chi connectivity index (χ3v) is 4.62. The van der Waals surface area contributed by atoms with Gasteiger partial charge >= 0.3 is 0 Å². The quantitative estimate of drug-likeness (QED) is 0.579. The van der Waals surface area contributed by atoms with Gasteiger partial charge in [-0.25, -0.2) is 0 Å². The Morgan fingerprint density at radius 1 is 1.18 bits per heavy atom. The molecule has 6 heteroatoms. The topological polar surface area (TPSA) is 86.9 Å². The molecule has 0 aliphatic rings. The van der Waals surface area contributed by atoms with Crippen LogP contribution in [0, 0.1) is 32.1 Å². The molecule has 1 heterocycles. The van der Waals surface area contributed by atoms with Gasteiger partial charge in [0.25, 0.3) is 5.91 Å². The van der Waals surface area contributed by atoms with Gasteiger partial charge in [0.2, 0.25) is 5.91 Å². The van der Waals surface area contributed by atoms with Crippen molar-refractivity contribution in [3.8, 4) is 6.07 Å². The second-order valence-electron chi connectivity index (χ2n) is 6.76. The Morgan fingerprint density at radius 3 is 2.39 bits per heavy atom. The van der Waals surface area contributed by atoms with E-state index in [0.717, 1.165) is 35.5 Å². The van der Waals surface area contributed by atoms with Crippen molar-refractivity contribution >= 4 is 29.3 Å². The molecule has 0 aliphatic heterocycles. The SMILES string of the molecule is CCCn1c(C)cc(/C=C(\C#N)C(=O)Nc2cccc(NC(C)=O)c2C)c1C. The van der Waals surface area contributed by atoms with Crippen molar-refractivity contribution in [2.45, 2.75) is 47.6 Å². The first-order valence-electron chi connectivity index (χ1n) is 9.25. The zero-order chi connectivity index (χ0) is 20.8. The highest BCUT2D eigenvalue weighted by atomic mass is 16.2. The van der Waals surface area contributed by atoms with E-state index in [4.69, 9.17) is 0 Å². The van der Waals surface area contributed by atoms with Crippen LogP contribution in [0.2, 0.25) is 0 Å². The molecule has 0 atom stereocenters. The number of carbonyl (C=O) groups is 2. The Morgan fingerprint density at radius 2 is 1.82 bits per heavy atom. The maximum absolute atomic E-state index is 12.7. The molecule has 0 bridgehead atoms. The molecule has 2 amide bonds. The summed E-state index contributed by atoms with van der Waals surface area (Å²) in [5.74, 6) is -0.669. The highest BCUT2D eigenvalue weighted by Crippen LogP contribution is 2.24. The van der Waals surface area contributed by atoms with Crippen molar-refractivity contribution in [3.63, 3.8) is 0 Å². The summed E-state index contributed by atoms with van der Waals surface area (Å²) in [5.41, 5.74) is 4.92. The third kappa shape index (κ3) is 4.68. The van der Waals surface area contributed by atoms with Gasteiger partial charge in [-0.2, -0.15) is 5.26 Å². The molecule has 6 nitrogen and oxygen atoms in total. The predicted molar refractivity (Wildman–Crippen MR) is 112 cm³/mol. The van der Waals surface area contributed by atoms with Crippen molar-refractivity contribution < 1.29 is 9.59 Å². The highest BCUT2D eigenvalue weighted by molar-refractivity contribution is 6.10. The molecular formula is C22H26N4O2. The molecule has 0 radical (unpaired) electrons. The number of nitrogens with one attached hydrogen (secondary N) is 2. The third-order valence-electron chi connectivity index (χ3n) is 4.62. The zero-order valence-corrected chi connectivity index (χ0v) is 17.0. The van der Waals surface area contributed by atoms with E-state index in [1.807, 2.05) is 26.0 Å². The Labute approximate surface area is 165 Å². The van der Waals surface area contributed by atoms with Gasteiger partial charge in [-0.1, -0.05) is 13.0 Å². The molecule has 0 fully saturated rings. The minimum absolute atomic E-state index is 0.0288. The number of hydrogen-bond acceptors (Lipinski definition) is 3. The number of benzene rings is 1. The van der Waals surface area contributed by atoms with E-state index in [1.54, 1.807) is 31.2 Å². The van der Waals surface area contributed by atoms with Crippen LogP contribution < -0.4 is 10.6 Å². The number of aromatic nitrogens is 1. The van der Waals surface area contributed by atoms with Gasteiger partial charge in [0.1, 0.15) is 11.6 Å². The van der Waals surface area contributed by atoms with Crippen molar-refractivity contribution in [2.24, 2.45) is 0 Å². The number of carbonyl (C=O) groups excluding carboxylic acids is 2. The van der Waals surface area contributed by atoms with Gasteiger partial charge in [-0.05, 0) is 62.6 Å². The molecule has 2 rings (SSSR count). The minimum Gasteiger partial charge on any atom is -0.349 e. The van der Waals surface area contributed by atoms with Crippen molar-refractivity contribution in [1.82, 2.24) is 4.57 Å². The number of nitriles is 1. The Balaban J connectivity index is 2.31. The summed E-state index contributed by atoms with van der Waals surface area (Å²) in [5, 5.41) is 15.0. The Bertz CT molecular complexity index is 977. The number of aryl methyl sites for hydroxylation is 1. The zero-order valence-electron chi connectivity index (χ0n) is 17.0. The summed E-state index contributed by atoms with van der Waals surface area (Å²) in [7, 11) is 0. The van der Waals surface area contributed by atoms with Crippen molar-refractivity contribution in [1.29, 1.82) is 5.26 Å². The van der Waals surface area contributed by atoms with E-state index >= 15 is 0 Å². The largest absolute Gasteiger partial charge is 0.349 e. The molecule has 0 spiro atoms. The van der Waals surface area contributed by atoms with Gasteiger partial charge in [-0.3, -0.25) is 9.59 Å². The monoisotopic (exact) mass is 378 g/mol. The first-order valence-corrected chi connectivity index (χ1v) is 9.25. The van der Waals surface area contributed by atoms with Crippen LogP contribution in [0.4, 0.5) is 11.4 Å². The maximum atomic E-state index is 12.7. The Kier molecular flexibility index (Phi) is 6.78. The molecular weight excluding hydrogens is 352 g/mol. The second kappa shape index (κ2) is 9.05. The van der Waals surface area contributed by atoms with Crippen LogP contribution in [0.3, 0.4) is 0 Å². The number of anilines is 2. The van der Waals surface area contributed by atoms with Crippen LogP contribution in [0.25, 0.3) is 6.08 Å². The summed E-state index contributed by atoms with van der Waals surface area (Å²) in [6.07, 6.45) is 2.63. The average Bonchev–Trinajstić information content (AvgIpc) is 2.90. The number of nitrogens with zero attached hydrogens (tertiary/aromatic N) is 2. The Hall–Kier alpha value is -3.33. The second-order valence-corrected chi connectivity index (χ2v) is 6.76. The highest BCUT2D eigenvalue weighted by Gasteiger charge is 2.15. The fourth-order valence-electron chi connectivity index (χ4n) is 3.13. The number of hydrogen-bond donors (Lipinski definition) is 2. The lowest BCUT2D eigenvalue weighted by Crippen LogP contribution is -2.15. The first kappa shape index (κ1) is 21.0. The average molecular weight is 378 g/mol. The lowest BCUT2D eigenvalue weighted by atomic mass is 10.1. The molecule has 0 saturated carbocycles. The van der Waals surface area contributed by atoms with Crippen LogP contribution in [0.1, 0.15) is 42.8 Å². The normalized spacial score (nSPS) is 11.1.